The standard InChI is InChI=1S/C16H29N5/c1-14-12-20-21(13-14)11-10-19-16(17-2)18-9-5-8-15-6-3-4-7-15/h12-13,15H,3-11H2,1-2H3,(H2,17,18,19). The van der Waals surface area contributed by atoms with Crippen LogP contribution in [0.15, 0.2) is 17.4 Å². The van der Waals surface area contributed by atoms with Gasteiger partial charge in [-0.05, 0) is 31.2 Å². The predicted octanol–water partition coefficient (Wildman–Crippen LogP) is 2.33. The third-order valence-electron chi connectivity index (χ3n) is 4.18. The summed E-state index contributed by atoms with van der Waals surface area (Å²) in [5.41, 5.74) is 1.20. The maximum Gasteiger partial charge on any atom is 0.191 e. The Bertz CT molecular complexity index is 432. The fourth-order valence-electron chi connectivity index (χ4n) is 3.00. The zero-order chi connectivity index (χ0) is 14.9. The van der Waals surface area contributed by atoms with Crippen LogP contribution >= 0.6 is 0 Å². The van der Waals surface area contributed by atoms with Gasteiger partial charge in [-0.1, -0.05) is 25.7 Å². The molecule has 0 aromatic carbocycles. The molecule has 1 fully saturated rings. The van der Waals surface area contributed by atoms with Crippen molar-refractivity contribution in [1.82, 2.24) is 20.4 Å². The Morgan fingerprint density at radius 1 is 1.33 bits per heavy atom. The Hall–Kier alpha value is -1.52. The number of aromatic nitrogens is 2. The number of nitrogens with one attached hydrogen (secondary N) is 2. The molecule has 21 heavy (non-hydrogen) atoms. The zero-order valence-electron chi connectivity index (χ0n) is 13.4. The summed E-state index contributed by atoms with van der Waals surface area (Å²) in [6, 6.07) is 0. The number of hydrogen-bond donors (Lipinski definition) is 2. The van der Waals surface area contributed by atoms with Gasteiger partial charge >= 0.3 is 0 Å². The largest absolute Gasteiger partial charge is 0.356 e. The quantitative estimate of drug-likeness (QED) is 0.460. The third kappa shape index (κ3) is 5.78. The van der Waals surface area contributed by atoms with Gasteiger partial charge in [0.05, 0.1) is 12.7 Å². The SMILES string of the molecule is CN=C(NCCCC1CCCC1)NCCn1cc(C)cn1. The van der Waals surface area contributed by atoms with Crippen molar-refractivity contribution in [2.24, 2.45) is 10.9 Å². The second kappa shape index (κ2) is 8.70. The highest BCUT2D eigenvalue weighted by molar-refractivity contribution is 5.79. The second-order valence-corrected chi connectivity index (χ2v) is 6.00. The Balaban J connectivity index is 1.55. The molecule has 1 heterocycles. The van der Waals surface area contributed by atoms with Crippen LogP contribution in [0.1, 0.15) is 44.1 Å². The number of aryl methyl sites for hydroxylation is 1. The molecule has 0 spiro atoms. The van der Waals surface area contributed by atoms with Gasteiger partial charge in [0.25, 0.3) is 0 Å². The number of nitrogens with zero attached hydrogens (tertiary/aromatic N) is 3. The topological polar surface area (TPSA) is 54.2 Å². The van der Waals surface area contributed by atoms with E-state index in [2.05, 4.69) is 33.8 Å². The van der Waals surface area contributed by atoms with Crippen molar-refractivity contribution in [3.63, 3.8) is 0 Å². The first-order valence-corrected chi connectivity index (χ1v) is 8.21. The normalized spacial score (nSPS) is 16.4. The van der Waals surface area contributed by atoms with Gasteiger partial charge in [-0.25, -0.2) is 0 Å². The van der Waals surface area contributed by atoms with Gasteiger partial charge in [0.15, 0.2) is 5.96 Å². The fraction of sp³-hybridized carbons (Fsp3) is 0.750. The predicted molar refractivity (Wildman–Crippen MR) is 87.5 cm³/mol. The lowest BCUT2D eigenvalue weighted by Gasteiger charge is -2.13. The van der Waals surface area contributed by atoms with Crippen molar-refractivity contribution in [1.29, 1.82) is 0 Å². The Morgan fingerprint density at radius 2 is 2.10 bits per heavy atom. The minimum absolute atomic E-state index is 0.837. The maximum atomic E-state index is 4.27. The molecule has 0 saturated heterocycles. The Morgan fingerprint density at radius 3 is 2.76 bits per heavy atom. The van der Waals surface area contributed by atoms with Crippen molar-refractivity contribution in [3.05, 3.63) is 18.0 Å². The monoisotopic (exact) mass is 291 g/mol. The van der Waals surface area contributed by atoms with Gasteiger partial charge in [-0.2, -0.15) is 5.10 Å². The number of rotatable bonds is 7. The summed E-state index contributed by atoms with van der Waals surface area (Å²) in [7, 11) is 1.82. The molecule has 0 bridgehead atoms. The molecule has 5 heteroatoms. The van der Waals surface area contributed by atoms with E-state index in [0.29, 0.717) is 0 Å². The zero-order valence-corrected chi connectivity index (χ0v) is 13.4. The lowest BCUT2D eigenvalue weighted by atomic mass is 10.0. The van der Waals surface area contributed by atoms with Crippen LogP contribution in [-0.4, -0.2) is 35.9 Å². The average Bonchev–Trinajstić information content (AvgIpc) is 3.13. The maximum absolute atomic E-state index is 4.27. The number of hydrogen-bond acceptors (Lipinski definition) is 2. The van der Waals surface area contributed by atoms with E-state index in [9.17, 15) is 0 Å². The second-order valence-electron chi connectivity index (χ2n) is 6.00. The van der Waals surface area contributed by atoms with Crippen LogP contribution in [0.5, 0.6) is 0 Å². The minimum Gasteiger partial charge on any atom is -0.356 e. The highest BCUT2D eigenvalue weighted by atomic mass is 15.3. The van der Waals surface area contributed by atoms with Crippen LogP contribution < -0.4 is 10.6 Å². The van der Waals surface area contributed by atoms with Gasteiger partial charge < -0.3 is 10.6 Å². The summed E-state index contributed by atoms with van der Waals surface area (Å²) in [6.45, 7) is 4.76. The highest BCUT2D eigenvalue weighted by Crippen LogP contribution is 2.28. The Kier molecular flexibility index (Phi) is 6.57. The lowest BCUT2D eigenvalue weighted by molar-refractivity contribution is 0.481. The summed E-state index contributed by atoms with van der Waals surface area (Å²) >= 11 is 0. The molecule has 5 nitrogen and oxygen atoms in total. The molecular weight excluding hydrogens is 262 g/mol. The molecule has 0 unspecified atom stereocenters. The minimum atomic E-state index is 0.837. The van der Waals surface area contributed by atoms with Gasteiger partial charge in [0, 0.05) is 26.3 Å². The molecule has 1 saturated carbocycles. The molecule has 0 amide bonds. The van der Waals surface area contributed by atoms with Crippen molar-refractivity contribution in [2.45, 2.75) is 52.0 Å². The van der Waals surface area contributed by atoms with Crippen molar-refractivity contribution >= 4 is 5.96 Å². The molecule has 2 rings (SSSR count). The molecule has 118 valence electrons. The molecular formula is C16H29N5. The first kappa shape index (κ1) is 15.9. The molecule has 1 aromatic heterocycles. The van der Waals surface area contributed by atoms with Gasteiger partial charge in [0.2, 0.25) is 0 Å². The molecule has 1 aliphatic rings. The van der Waals surface area contributed by atoms with E-state index in [1.54, 1.807) is 0 Å². The van der Waals surface area contributed by atoms with Crippen molar-refractivity contribution in [3.8, 4) is 0 Å². The molecule has 0 atom stereocenters. The van der Waals surface area contributed by atoms with Crippen LogP contribution in [0.25, 0.3) is 0 Å². The Labute approximate surface area is 128 Å². The molecule has 1 aliphatic carbocycles. The van der Waals surface area contributed by atoms with E-state index in [0.717, 1.165) is 31.5 Å². The first-order valence-electron chi connectivity index (χ1n) is 8.21. The molecule has 2 N–H and O–H groups in total. The van der Waals surface area contributed by atoms with E-state index in [1.165, 1.54) is 44.1 Å². The van der Waals surface area contributed by atoms with Crippen LogP contribution in [0, 0.1) is 12.8 Å². The van der Waals surface area contributed by atoms with Crippen molar-refractivity contribution < 1.29 is 0 Å². The van der Waals surface area contributed by atoms with Crippen LogP contribution in [0.3, 0.4) is 0 Å². The van der Waals surface area contributed by atoms with Gasteiger partial charge in [0.1, 0.15) is 0 Å². The number of aliphatic imine (C=N–C) groups is 1. The van der Waals surface area contributed by atoms with E-state index >= 15 is 0 Å². The number of guanidine groups is 1. The van der Waals surface area contributed by atoms with Crippen LogP contribution in [-0.2, 0) is 6.54 Å². The summed E-state index contributed by atoms with van der Waals surface area (Å²) in [4.78, 5) is 4.26. The molecule has 1 aromatic rings. The third-order valence-corrected chi connectivity index (χ3v) is 4.18. The van der Waals surface area contributed by atoms with Gasteiger partial charge in [-0.15, -0.1) is 0 Å². The van der Waals surface area contributed by atoms with Gasteiger partial charge in [-0.3, -0.25) is 9.67 Å². The van der Waals surface area contributed by atoms with Crippen LogP contribution in [0.2, 0.25) is 0 Å². The first-order chi connectivity index (χ1) is 10.3. The van der Waals surface area contributed by atoms with Crippen LogP contribution in [0.4, 0.5) is 0 Å². The van der Waals surface area contributed by atoms with E-state index in [-0.39, 0.29) is 0 Å². The summed E-state index contributed by atoms with van der Waals surface area (Å²) in [5, 5.41) is 11.0. The van der Waals surface area contributed by atoms with Crippen molar-refractivity contribution in [2.75, 3.05) is 20.1 Å². The molecule has 0 aliphatic heterocycles. The summed E-state index contributed by atoms with van der Waals surface area (Å²) < 4.78 is 1.95. The average molecular weight is 291 g/mol. The van der Waals surface area contributed by atoms with E-state index in [4.69, 9.17) is 0 Å². The molecule has 0 radical (unpaired) electrons. The van der Waals surface area contributed by atoms with E-state index < -0.39 is 0 Å². The fourth-order valence-corrected chi connectivity index (χ4v) is 3.00. The van der Waals surface area contributed by atoms with E-state index in [1.807, 2.05) is 17.9 Å². The highest BCUT2D eigenvalue weighted by Gasteiger charge is 2.13. The summed E-state index contributed by atoms with van der Waals surface area (Å²) in [6.07, 6.45) is 12.3. The lowest BCUT2D eigenvalue weighted by Crippen LogP contribution is -2.39. The smallest absolute Gasteiger partial charge is 0.191 e. The summed E-state index contributed by atoms with van der Waals surface area (Å²) in [5.74, 6) is 1.87.